The molecule has 0 amide bonds. The number of ether oxygens (including phenoxy) is 1. The van der Waals surface area contributed by atoms with Gasteiger partial charge in [0, 0.05) is 14.2 Å². The number of benzene rings is 1. The van der Waals surface area contributed by atoms with Gasteiger partial charge < -0.3 is 13.8 Å². The van der Waals surface area contributed by atoms with Gasteiger partial charge >= 0.3 is 13.6 Å². The van der Waals surface area contributed by atoms with Gasteiger partial charge in [0.25, 0.3) is 0 Å². The summed E-state index contributed by atoms with van der Waals surface area (Å²) in [5.74, 6) is -0.610. The van der Waals surface area contributed by atoms with Gasteiger partial charge in [-0.25, -0.2) is 0 Å². The molecule has 0 aromatic heterocycles. The molecule has 0 radical (unpaired) electrons. The van der Waals surface area contributed by atoms with E-state index in [1.165, 1.54) is 14.2 Å². The molecule has 1 aromatic rings. The highest BCUT2D eigenvalue weighted by Crippen LogP contribution is 2.46. The van der Waals surface area contributed by atoms with E-state index in [0.717, 1.165) is 5.56 Å². The molecule has 1 aromatic carbocycles. The van der Waals surface area contributed by atoms with Crippen LogP contribution in [0.4, 0.5) is 0 Å². The lowest BCUT2D eigenvalue weighted by Gasteiger charge is -2.12. The van der Waals surface area contributed by atoms with E-state index in [1.54, 1.807) is 0 Å². The average Bonchev–Trinajstić information content (AvgIpc) is 2.37. The molecule has 0 aliphatic heterocycles. The Balaban J connectivity index is 2.43. The van der Waals surface area contributed by atoms with Crippen LogP contribution in [0, 0.1) is 0 Å². The Bertz CT molecular complexity index is 396. The lowest BCUT2D eigenvalue weighted by atomic mass is 10.2. The standard InChI is InChI=1S/C11H15O5P/c1-14-17(13,15-2)9-11(12)16-8-10-6-4-3-5-7-10/h3-7H,8-9H2,1-2H3. The Morgan fingerprint density at radius 2 is 1.76 bits per heavy atom. The van der Waals surface area contributed by atoms with Crippen LogP contribution in [0.2, 0.25) is 0 Å². The van der Waals surface area contributed by atoms with E-state index in [-0.39, 0.29) is 12.8 Å². The fraction of sp³-hybridized carbons (Fsp3) is 0.364. The maximum absolute atomic E-state index is 11.6. The average molecular weight is 258 g/mol. The van der Waals surface area contributed by atoms with E-state index in [2.05, 4.69) is 9.05 Å². The summed E-state index contributed by atoms with van der Waals surface area (Å²) < 4.78 is 25.9. The van der Waals surface area contributed by atoms with E-state index in [4.69, 9.17) is 4.74 Å². The molecule has 0 fully saturated rings. The van der Waals surface area contributed by atoms with E-state index in [1.807, 2.05) is 30.3 Å². The summed E-state index contributed by atoms with van der Waals surface area (Å²) in [4.78, 5) is 11.4. The van der Waals surface area contributed by atoms with Gasteiger partial charge in [-0.2, -0.15) is 0 Å². The maximum atomic E-state index is 11.6. The Morgan fingerprint density at radius 3 is 2.29 bits per heavy atom. The number of hydrogen-bond acceptors (Lipinski definition) is 5. The molecule has 94 valence electrons. The SMILES string of the molecule is COP(=O)(CC(=O)OCc1ccccc1)OC. The minimum absolute atomic E-state index is 0.146. The normalized spacial score (nSPS) is 11.2. The number of rotatable bonds is 6. The summed E-state index contributed by atoms with van der Waals surface area (Å²) in [5, 5.41) is 0. The minimum Gasteiger partial charge on any atom is -0.460 e. The van der Waals surface area contributed by atoms with Crippen molar-refractivity contribution in [1.82, 2.24) is 0 Å². The first-order valence-corrected chi connectivity index (χ1v) is 6.72. The molecule has 0 heterocycles. The van der Waals surface area contributed by atoms with Crippen molar-refractivity contribution in [2.24, 2.45) is 0 Å². The lowest BCUT2D eigenvalue weighted by molar-refractivity contribution is -0.142. The van der Waals surface area contributed by atoms with Crippen LogP contribution in [0.5, 0.6) is 0 Å². The van der Waals surface area contributed by atoms with Crippen molar-refractivity contribution in [2.45, 2.75) is 6.61 Å². The van der Waals surface area contributed by atoms with Gasteiger partial charge in [-0.1, -0.05) is 30.3 Å². The van der Waals surface area contributed by atoms with Crippen molar-refractivity contribution in [3.8, 4) is 0 Å². The van der Waals surface area contributed by atoms with Crippen molar-refractivity contribution < 1.29 is 23.1 Å². The molecule has 6 heteroatoms. The second-order valence-corrected chi connectivity index (χ2v) is 5.55. The summed E-state index contributed by atoms with van der Waals surface area (Å²) in [6, 6.07) is 9.23. The zero-order valence-electron chi connectivity index (χ0n) is 9.79. The molecule has 1 rings (SSSR count). The molecule has 0 unspecified atom stereocenters. The fourth-order valence-corrected chi connectivity index (χ4v) is 1.96. The number of carbonyl (C=O) groups is 1. The molecule has 0 saturated heterocycles. The monoisotopic (exact) mass is 258 g/mol. The third-order valence-electron chi connectivity index (χ3n) is 2.12. The third kappa shape index (κ3) is 4.69. The molecule has 0 aliphatic rings. The highest BCUT2D eigenvalue weighted by Gasteiger charge is 2.26. The highest BCUT2D eigenvalue weighted by molar-refractivity contribution is 7.54. The molecular weight excluding hydrogens is 243 g/mol. The smallest absolute Gasteiger partial charge is 0.341 e. The van der Waals surface area contributed by atoms with E-state index < -0.39 is 13.6 Å². The van der Waals surface area contributed by atoms with Gasteiger partial charge in [0.2, 0.25) is 0 Å². The Hall–Kier alpha value is -1.16. The van der Waals surface area contributed by atoms with Gasteiger partial charge in [-0.05, 0) is 5.56 Å². The summed E-state index contributed by atoms with van der Waals surface area (Å²) in [6.45, 7) is 0.146. The quantitative estimate of drug-likeness (QED) is 0.578. The summed E-state index contributed by atoms with van der Waals surface area (Å²) >= 11 is 0. The van der Waals surface area contributed by atoms with E-state index in [0.29, 0.717) is 0 Å². The van der Waals surface area contributed by atoms with Crippen LogP contribution in [0.15, 0.2) is 30.3 Å². The first-order chi connectivity index (χ1) is 8.09. The fourth-order valence-electron chi connectivity index (χ4n) is 1.15. The van der Waals surface area contributed by atoms with Crippen LogP contribution in [-0.2, 0) is 29.8 Å². The highest BCUT2D eigenvalue weighted by atomic mass is 31.2. The van der Waals surface area contributed by atoms with Gasteiger partial charge in [0.05, 0.1) is 0 Å². The van der Waals surface area contributed by atoms with Crippen LogP contribution in [0.3, 0.4) is 0 Å². The molecule has 0 N–H and O–H groups in total. The Kier molecular flexibility index (Phi) is 5.35. The molecule has 5 nitrogen and oxygen atoms in total. The van der Waals surface area contributed by atoms with Crippen molar-refractivity contribution in [3.05, 3.63) is 35.9 Å². The van der Waals surface area contributed by atoms with Gasteiger partial charge in [0.1, 0.15) is 12.8 Å². The maximum Gasteiger partial charge on any atom is 0.341 e. The summed E-state index contributed by atoms with van der Waals surface area (Å²) in [7, 11) is -0.871. The van der Waals surface area contributed by atoms with E-state index in [9.17, 15) is 9.36 Å². The van der Waals surface area contributed by atoms with Crippen LogP contribution in [0.1, 0.15) is 5.56 Å². The minimum atomic E-state index is -3.33. The summed E-state index contributed by atoms with van der Waals surface area (Å²) in [6.07, 6.45) is -0.382. The van der Waals surface area contributed by atoms with Crippen LogP contribution >= 0.6 is 7.60 Å². The van der Waals surface area contributed by atoms with Crippen molar-refractivity contribution >= 4 is 13.6 Å². The predicted octanol–water partition coefficient (Wildman–Crippen LogP) is 2.22. The Labute approximate surface area is 100 Å². The molecule has 17 heavy (non-hydrogen) atoms. The summed E-state index contributed by atoms with van der Waals surface area (Å²) in [5.41, 5.74) is 0.866. The van der Waals surface area contributed by atoms with E-state index >= 15 is 0 Å². The largest absolute Gasteiger partial charge is 0.460 e. The molecule has 0 bridgehead atoms. The van der Waals surface area contributed by atoms with Crippen LogP contribution in [0.25, 0.3) is 0 Å². The molecular formula is C11H15O5P. The topological polar surface area (TPSA) is 61.8 Å². The third-order valence-corrected chi connectivity index (χ3v) is 3.88. The van der Waals surface area contributed by atoms with Gasteiger partial charge in [-0.3, -0.25) is 9.36 Å². The van der Waals surface area contributed by atoms with Gasteiger partial charge in [0.15, 0.2) is 0 Å². The zero-order chi connectivity index (χ0) is 12.7. The molecule has 0 aliphatic carbocycles. The van der Waals surface area contributed by atoms with Crippen molar-refractivity contribution in [3.63, 3.8) is 0 Å². The first-order valence-electron chi connectivity index (χ1n) is 5.00. The second-order valence-electron chi connectivity index (χ2n) is 3.28. The first kappa shape index (κ1) is 13.9. The molecule has 0 atom stereocenters. The zero-order valence-corrected chi connectivity index (χ0v) is 10.7. The van der Waals surface area contributed by atoms with Crippen molar-refractivity contribution in [1.29, 1.82) is 0 Å². The number of esters is 1. The second kappa shape index (κ2) is 6.55. The Morgan fingerprint density at radius 1 is 1.18 bits per heavy atom. The number of hydrogen-bond donors (Lipinski definition) is 0. The van der Waals surface area contributed by atoms with Crippen molar-refractivity contribution in [2.75, 3.05) is 20.4 Å². The predicted molar refractivity (Wildman–Crippen MR) is 62.7 cm³/mol. The van der Waals surface area contributed by atoms with Gasteiger partial charge in [-0.15, -0.1) is 0 Å². The lowest BCUT2D eigenvalue weighted by Crippen LogP contribution is -2.11. The van der Waals surface area contributed by atoms with Crippen LogP contribution < -0.4 is 0 Å². The molecule has 0 saturated carbocycles. The molecule has 0 spiro atoms. The van der Waals surface area contributed by atoms with Crippen LogP contribution in [-0.4, -0.2) is 26.4 Å². The number of carbonyl (C=O) groups excluding carboxylic acids is 1.